The molecule has 0 aliphatic carbocycles. The van der Waals surface area contributed by atoms with Crippen LogP contribution in [0.4, 0.5) is 15.8 Å². The number of hydrogen-bond donors (Lipinski definition) is 2. The first-order valence-electron chi connectivity index (χ1n) is 5.43. The second-order valence-corrected chi connectivity index (χ2v) is 7.35. The van der Waals surface area contributed by atoms with Crippen LogP contribution >= 0.6 is 39.1 Å². The molecule has 112 valence electrons. The molecule has 0 amide bonds. The molecule has 0 radical (unpaired) electrons. The van der Waals surface area contributed by atoms with E-state index < -0.39 is 15.8 Å². The summed E-state index contributed by atoms with van der Waals surface area (Å²) in [7, 11) is -4.04. The smallest absolute Gasteiger partial charge is 0.265 e. The fraction of sp³-hybridized carbons (Fsp3) is 0. The van der Waals surface area contributed by atoms with Gasteiger partial charge in [0.2, 0.25) is 0 Å². The first-order valence-corrected chi connectivity index (χ1v) is 8.46. The minimum atomic E-state index is -4.04. The van der Waals surface area contributed by atoms with Crippen molar-refractivity contribution >= 4 is 60.5 Å². The highest BCUT2D eigenvalue weighted by atomic mass is 79.9. The lowest BCUT2D eigenvalue weighted by molar-refractivity contribution is 0.601. The zero-order valence-corrected chi connectivity index (χ0v) is 14.1. The third-order valence-corrected chi connectivity index (χ3v) is 5.25. The molecule has 0 saturated heterocycles. The second kappa shape index (κ2) is 6.00. The summed E-state index contributed by atoms with van der Waals surface area (Å²) in [5, 5.41) is 0.116. The van der Waals surface area contributed by atoms with Crippen molar-refractivity contribution in [3.63, 3.8) is 0 Å². The lowest BCUT2D eigenvalue weighted by Gasteiger charge is -2.13. The molecule has 0 heterocycles. The van der Waals surface area contributed by atoms with Gasteiger partial charge in [0, 0.05) is 9.50 Å². The minimum Gasteiger partial charge on any atom is -0.398 e. The summed E-state index contributed by atoms with van der Waals surface area (Å²) >= 11 is 14.7. The van der Waals surface area contributed by atoms with Gasteiger partial charge in [0.05, 0.1) is 16.4 Å². The van der Waals surface area contributed by atoms with E-state index >= 15 is 0 Å². The predicted octanol–water partition coefficient (Wildman–Crippen LogP) is 4.28. The van der Waals surface area contributed by atoms with Gasteiger partial charge in [-0.1, -0.05) is 23.2 Å². The lowest BCUT2D eigenvalue weighted by Crippen LogP contribution is -2.15. The Kier molecular flexibility index (Phi) is 4.67. The van der Waals surface area contributed by atoms with Crippen molar-refractivity contribution in [3.05, 3.63) is 50.7 Å². The summed E-state index contributed by atoms with van der Waals surface area (Å²) in [6, 6.07) is 6.08. The lowest BCUT2D eigenvalue weighted by atomic mass is 10.3. The highest BCUT2D eigenvalue weighted by Crippen LogP contribution is 2.33. The Labute approximate surface area is 139 Å². The molecule has 2 aromatic carbocycles. The van der Waals surface area contributed by atoms with E-state index in [4.69, 9.17) is 28.9 Å². The second-order valence-electron chi connectivity index (χ2n) is 4.04. The average molecular weight is 414 g/mol. The molecule has 0 spiro atoms. The molecule has 0 atom stereocenters. The predicted molar refractivity (Wildman–Crippen MR) is 85.8 cm³/mol. The van der Waals surface area contributed by atoms with Crippen LogP contribution in [0.3, 0.4) is 0 Å². The first kappa shape index (κ1) is 16.4. The SMILES string of the molecule is Nc1cc(Cl)cc(Cl)c1S(=O)(=O)Nc1ccc(F)cc1Br. The van der Waals surface area contributed by atoms with Crippen LogP contribution in [0.1, 0.15) is 0 Å². The van der Waals surface area contributed by atoms with Crippen molar-refractivity contribution in [2.45, 2.75) is 4.90 Å². The van der Waals surface area contributed by atoms with Gasteiger partial charge in [0.25, 0.3) is 10.0 Å². The summed E-state index contributed by atoms with van der Waals surface area (Å²) in [4.78, 5) is -0.287. The van der Waals surface area contributed by atoms with Crippen molar-refractivity contribution in [2.75, 3.05) is 10.5 Å². The first-order chi connectivity index (χ1) is 9.70. The van der Waals surface area contributed by atoms with Gasteiger partial charge in [-0.05, 0) is 46.3 Å². The van der Waals surface area contributed by atoms with Gasteiger partial charge in [-0.25, -0.2) is 12.8 Å². The van der Waals surface area contributed by atoms with Gasteiger partial charge in [-0.15, -0.1) is 0 Å². The molecule has 0 aliphatic rings. The third-order valence-electron chi connectivity index (χ3n) is 2.48. The van der Waals surface area contributed by atoms with Gasteiger partial charge < -0.3 is 5.73 Å². The Morgan fingerprint density at radius 1 is 1.19 bits per heavy atom. The topological polar surface area (TPSA) is 72.2 Å². The normalized spacial score (nSPS) is 11.4. The number of rotatable bonds is 3. The van der Waals surface area contributed by atoms with Crippen LogP contribution in [-0.2, 0) is 10.0 Å². The van der Waals surface area contributed by atoms with Gasteiger partial charge in [-0.2, -0.15) is 0 Å². The minimum absolute atomic E-state index is 0.0850. The molecule has 0 aromatic heterocycles. The maximum absolute atomic E-state index is 13.0. The number of anilines is 2. The Hall–Kier alpha value is -1.02. The molecule has 9 heteroatoms. The summed E-state index contributed by atoms with van der Waals surface area (Å²) < 4.78 is 40.3. The molecule has 0 bridgehead atoms. The summed E-state index contributed by atoms with van der Waals surface area (Å²) in [6.07, 6.45) is 0. The van der Waals surface area contributed by atoms with Crippen LogP contribution < -0.4 is 10.5 Å². The molecule has 0 aliphatic heterocycles. The Bertz CT molecular complexity index is 792. The number of benzene rings is 2. The monoisotopic (exact) mass is 412 g/mol. The number of nitrogens with two attached hydrogens (primary N) is 1. The van der Waals surface area contributed by atoms with E-state index in [1.54, 1.807) is 0 Å². The van der Waals surface area contributed by atoms with E-state index in [1.165, 1.54) is 18.2 Å². The molecule has 2 rings (SSSR count). The Morgan fingerprint density at radius 3 is 2.43 bits per heavy atom. The van der Waals surface area contributed by atoms with E-state index in [-0.39, 0.29) is 30.8 Å². The standard InChI is InChI=1S/C12H8BrCl2FN2O2S/c13-8-5-7(16)1-2-11(8)18-21(19,20)12-9(15)3-6(14)4-10(12)17/h1-5,18H,17H2. The van der Waals surface area contributed by atoms with Crippen molar-refractivity contribution in [1.29, 1.82) is 0 Å². The molecule has 0 unspecified atom stereocenters. The number of nitrogens with one attached hydrogen (secondary N) is 1. The fourth-order valence-corrected chi connectivity index (χ4v) is 4.28. The van der Waals surface area contributed by atoms with Crippen LogP contribution in [0.5, 0.6) is 0 Å². The van der Waals surface area contributed by atoms with E-state index in [0.717, 1.165) is 12.1 Å². The molecule has 2 aromatic rings. The maximum Gasteiger partial charge on any atom is 0.265 e. The average Bonchev–Trinajstić information content (AvgIpc) is 2.30. The zero-order chi connectivity index (χ0) is 15.8. The van der Waals surface area contributed by atoms with E-state index in [0.29, 0.717) is 0 Å². The van der Waals surface area contributed by atoms with E-state index in [1.807, 2.05) is 0 Å². The molecular weight excluding hydrogens is 406 g/mol. The molecule has 4 nitrogen and oxygen atoms in total. The summed E-state index contributed by atoms with van der Waals surface area (Å²) in [5.41, 5.74) is 5.73. The molecule has 0 saturated carbocycles. The van der Waals surface area contributed by atoms with Gasteiger partial charge in [-0.3, -0.25) is 4.72 Å². The largest absolute Gasteiger partial charge is 0.398 e. The van der Waals surface area contributed by atoms with Gasteiger partial charge in [0.1, 0.15) is 10.7 Å². The van der Waals surface area contributed by atoms with Crippen LogP contribution in [0.2, 0.25) is 10.0 Å². The van der Waals surface area contributed by atoms with Crippen LogP contribution in [-0.4, -0.2) is 8.42 Å². The number of sulfonamides is 1. The molecule has 0 fully saturated rings. The molecule has 3 N–H and O–H groups in total. The highest BCUT2D eigenvalue weighted by molar-refractivity contribution is 9.10. The van der Waals surface area contributed by atoms with Gasteiger partial charge in [0.15, 0.2) is 0 Å². The van der Waals surface area contributed by atoms with Crippen LogP contribution in [0, 0.1) is 5.82 Å². The number of hydrogen-bond acceptors (Lipinski definition) is 3. The van der Waals surface area contributed by atoms with Crippen molar-refractivity contribution in [2.24, 2.45) is 0 Å². The number of nitrogen functional groups attached to an aromatic ring is 1. The highest BCUT2D eigenvalue weighted by Gasteiger charge is 2.23. The molecule has 21 heavy (non-hydrogen) atoms. The quantitative estimate of drug-likeness (QED) is 0.737. The van der Waals surface area contributed by atoms with Gasteiger partial charge >= 0.3 is 0 Å². The van der Waals surface area contributed by atoms with E-state index in [2.05, 4.69) is 20.7 Å². The van der Waals surface area contributed by atoms with Crippen molar-refractivity contribution in [3.8, 4) is 0 Å². The fourth-order valence-electron chi connectivity index (χ4n) is 1.63. The van der Waals surface area contributed by atoms with Crippen LogP contribution in [0.15, 0.2) is 39.7 Å². The zero-order valence-electron chi connectivity index (χ0n) is 10.2. The van der Waals surface area contributed by atoms with Crippen molar-refractivity contribution < 1.29 is 12.8 Å². The molecular formula is C12H8BrCl2FN2O2S. The van der Waals surface area contributed by atoms with Crippen LogP contribution in [0.25, 0.3) is 0 Å². The van der Waals surface area contributed by atoms with E-state index in [9.17, 15) is 12.8 Å². The maximum atomic E-state index is 13.0. The summed E-state index contributed by atoms with van der Waals surface area (Å²) in [6.45, 7) is 0. The Morgan fingerprint density at radius 2 is 1.86 bits per heavy atom. The summed E-state index contributed by atoms with van der Waals surface area (Å²) in [5.74, 6) is -0.506. The Balaban J connectivity index is 2.48. The van der Waals surface area contributed by atoms with Crippen molar-refractivity contribution in [1.82, 2.24) is 0 Å². The number of halogens is 4. The third kappa shape index (κ3) is 3.60.